The molecule has 1 aromatic heterocycles. The van der Waals surface area contributed by atoms with Crippen molar-refractivity contribution in [2.45, 2.75) is 6.92 Å². The van der Waals surface area contributed by atoms with Crippen LogP contribution in [0.25, 0.3) is 10.9 Å². The van der Waals surface area contributed by atoms with Crippen molar-refractivity contribution in [1.29, 1.82) is 0 Å². The minimum atomic E-state index is -0.531. The Balaban J connectivity index is 2.94. The van der Waals surface area contributed by atoms with Gasteiger partial charge in [0.1, 0.15) is 5.52 Å². The summed E-state index contributed by atoms with van der Waals surface area (Å²) in [6, 6.07) is 4.26. The van der Waals surface area contributed by atoms with E-state index in [4.69, 9.17) is 0 Å². The van der Waals surface area contributed by atoms with E-state index in [1.165, 1.54) is 25.3 Å². The summed E-state index contributed by atoms with van der Waals surface area (Å²) in [5.41, 5.74) is 0.161. The van der Waals surface area contributed by atoms with Gasteiger partial charge in [0.15, 0.2) is 5.82 Å². The predicted molar refractivity (Wildman–Crippen MR) is 53.1 cm³/mol. The molecule has 0 aliphatic carbocycles. The number of aryl methyl sites for hydroxylation is 1. The Morgan fingerprint density at radius 1 is 1.53 bits per heavy atom. The molecule has 2 aromatic rings. The van der Waals surface area contributed by atoms with Crippen LogP contribution in [-0.4, -0.2) is 9.91 Å². The summed E-state index contributed by atoms with van der Waals surface area (Å²) < 4.78 is 13.6. The molecule has 0 amide bonds. The minimum absolute atomic E-state index is 0.0456. The fraction of sp³-hybridized carbons (Fsp3) is 0.100. The summed E-state index contributed by atoms with van der Waals surface area (Å²) in [5, 5.41) is 11.0. The number of non-ortho nitro benzene ring substituents is 1. The molecule has 1 aromatic carbocycles. The van der Waals surface area contributed by atoms with Crippen molar-refractivity contribution < 1.29 is 9.31 Å². The van der Waals surface area contributed by atoms with Gasteiger partial charge in [-0.15, -0.1) is 0 Å². The number of nitrogens with zero attached hydrogens (tertiary/aromatic N) is 2. The lowest BCUT2D eigenvalue weighted by molar-refractivity contribution is -0.383. The van der Waals surface area contributed by atoms with Crippen LogP contribution >= 0.6 is 0 Å². The standard InChI is InChI=1S/C10H7FN2O2/c1-6-5-8(13(14)15)7-3-2-4-12-10(7)9(6)11/h2-5H,1H3. The molecule has 0 aliphatic heterocycles. The molecule has 5 heteroatoms. The predicted octanol–water partition coefficient (Wildman–Crippen LogP) is 2.59. The van der Waals surface area contributed by atoms with E-state index >= 15 is 0 Å². The highest BCUT2D eigenvalue weighted by atomic mass is 19.1. The Hall–Kier alpha value is -2.04. The van der Waals surface area contributed by atoms with E-state index in [9.17, 15) is 14.5 Å². The number of halogens is 1. The molecule has 0 radical (unpaired) electrons. The van der Waals surface area contributed by atoms with Gasteiger partial charge in [-0.05, 0) is 24.6 Å². The van der Waals surface area contributed by atoms with Crippen LogP contribution in [0.3, 0.4) is 0 Å². The smallest absolute Gasteiger partial charge is 0.258 e. The average molecular weight is 206 g/mol. The van der Waals surface area contributed by atoms with Gasteiger partial charge in [0, 0.05) is 12.3 Å². The zero-order valence-electron chi connectivity index (χ0n) is 7.90. The van der Waals surface area contributed by atoms with Gasteiger partial charge in [-0.25, -0.2) is 4.39 Å². The molecule has 76 valence electrons. The summed E-state index contributed by atoms with van der Waals surface area (Å²) in [6.07, 6.45) is 1.41. The van der Waals surface area contributed by atoms with Crippen LogP contribution in [-0.2, 0) is 0 Å². The average Bonchev–Trinajstić information content (AvgIpc) is 2.23. The third-order valence-electron chi connectivity index (χ3n) is 2.19. The summed E-state index contributed by atoms with van der Waals surface area (Å²) in [6.45, 7) is 1.48. The molecule has 0 saturated carbocycles. The molecule has 0 saturated heterocycles. The number of hydrogen-bond donors (Lipinski definition) is 0. The second-order valence-corrected chi connectivity index (χ2v) is 3.18. The molecule has 1 heterocycles. The lowest BCUT2D eigenvalue weighted by atomic mass is 10.1. The van der Waals surface area contributed by atoms with Crippen LogP contribution in [0.1, 0.15) is 5.56 Å². The number of benzene rings is 1. The molecule has 2 rings (SSSR count). The van der Waals surface area contributed by atoms with Crippen LogP contribution < -0.4 is 0 Å². The summed E-state index contributed by atoms with van der Waals surface area (Å²) in [4.78, 5) is 14.0. The largest absolute Gasteiger partial charge is 0.279 e. The van der Waals surface area contributed by atoms with Crippen LogP contribution in [0, 0.1) is 22.9 Å². The van der Waals surface area contributed by atoms with Gasteiger partial charge >= 0.3 is 0 Å². The number of hydrogen-bond acceptors (Lipinski definition) is 3. The van der Waals surface area contributed by atoms with E-state index in [-0.39, 0.29) is 22.2 Å². The number of aromatic nitrogens is 1. The highest BCUT2D eigenvalue weighted by molar-refractivity contribution is 5.88. The number of nitro benzene ring substituents is 1. The van der Waals surface area contributed by atoms with Gasteiger partial charge in [-0.1, -0.05) is 0 Å². The topological polar surface area (TPSA) is 56.0 Å². The zero-order chi connectivity index (χ0) is 11.0. The van der Waals surface area contributed by atoms with Gasteiger partial charge < -0.3 is 0 Å². The molecule has 4 nitrogen and oxygen atoms in total. The van der Waals surface area contributed by atoms with E-state index < -0.39 is 10.7 Å². The molecule has 0 spiro atoms. The van der Waals surface area contributed by atoms with Crippen molar-refractivity contribution in [2.75, 3.05) is 0 Å². The van der Waals surface area contributed by atoms with Gasteiger partial charge in [-0.3, -0.25) is 15.1 Å². The molecule has 0 fully saturated rings. The normalized spacial score (nSPS) is 10.5. The van der Waals surface area contributed by atoms with E-state index in [2.05, 4.69) is 4.98 Å². The first-order chi connectivity index (χ1) is 7.11. The molecule has 0 bridgehead atoms. The Labute approximate surface area is 84.5 Å². The highest BCUT2D eigenvalue weighted by Crippen LogP contribution is 2.28. The Morgan fingerprint density at radius 3 is 2.93 bits per heavy atom. The monoisotopic (exact) mass is 206 g/mol. The minimum Gasteiger partial charge on any atom is -0.258 e. The van der Waals surface area contributed by atoms with Gasteiger partial charge in [0.25, 0.3) is 5.69 Å². The summed E-state index contributed by atoms with van der Waals surface area (Å²) in [7, 11) is 0. The molecule has 0 aliphatic rings. The number of fused-ring (bicyclic) bond motifs is 1. The second-order valence-electron chi connectivity index (χ2n) is 3.18. The first kappa shape index (κ1) is 9.51. The molecule has 15 heavy (non-hydrogen) atoms. The Kier molecular flexibility index (Phi) is 2.07. The van der Waals surface area contributed by atoms with Crippen LogP contribution in [0.15, 0.2) is 24.4 Å². The maximum Gasteiger partial charge on any atom is 0.279 e. The van der Waals surface area contributed by atoms with Gasteiger partial charge in [-0.2, -0.15) is 0 Å². The number of rotatable bonds is 1. The zero-order valence-corrected chi connectivity index (χ0v) is 7.90. The van der Waals surface area contributed by atoms with Crippen LogP contribution in [0.2, 0.25) is 0 Å². The molecular formula is C10H7FN2O2. The molecule has 0 N–H and O–H groups in total. The van der Waals surface area contributed by atoms with Crippen molar-refractivity contribution >= 4 is 16.6 Å². The first-order valence-electron chi connectivity index (χ1n) is 4.29. The fourth-order valence-electron chi connectivity index (χ4n) is 1.47. The quantitative estimate of drug-likeness (QED) is 0.532. The van der Waals surface area contributed by atoms with E-state index in [0.29, 0.717) is 0 Å². The summed E-state index contributed by atoms with van der Waals surface area (Å²) in [5.74, 6) is -0.504. The molecular weight excluding hydrogens is 199 g/mol. The Morgan fingerprint density at radius 2 is 2.27 bits per heavy atom. The van der Waals surface area contributed by atoms with E-state index in [1.807, 2.05) is 0 Å². The van der Waals surface area contributed by atoms with E-state index in [0.717, 1.165) is 0 Å². The summed E-state index contributed by atoms with van der Waals surface area (Å²) >= 11 is 0. The molecule has 0 atom stereocenters. The van der Waals surface area contributed by atoms with Crippen molar-refractivity contribution in [3.05, 3.63) is 45.9 Å². The lowest BCUT2D eigenvalue weighted by Crippen LogP contribution is -1.95. The number of pyridine rings is 1. The van der Waals surface area contributed by atoms with Crippen LogP contribution in [0.4, 0.5) is 10.1 Å². The third kappa shape index (κ3) is 1.41. The van der Waals surface area contributed by atoms with Crippen molar-refractivity contribution in [2.24, 2.45) is 0 Å². The highest BCUT2D eigenvalue weighted by Gasteiger charge is 2.17. The maximum absolute atomic E-state index is 13.6. The maximum atomic E-state index is 13.6. The van der Waals surface area contributed by atoms with Crippen molar-refractivity contribution in [3.63, 3.8) is 0 Å². The Bertz CT molecular complexity index is 554. The lowest BCUT2D eigenvalue weighted by Gasteiger charge is -2.02. The molecule has 0 unspecified atom stereocenters. The van der Waals surface area contributed by atoms with Crippen molar-refractivity contribution in [3.8, 4) is 0 Å². The fourth-order valence-corrected chi connectivity index (χ4v) is 1.47. The second kappa shape index (κ2) is 3.27. The number of nitro groups is 1. The van der Waals surface area contributed by atoms with Gasteiger partial charge in [0.2, 0.25) is 0 Å². The van der Waals surface area contributed by atoms with Crippen molar-refractivity contribution in [1.82, 2.24) is 4.98 Å². The first-order valence-corrected chi connectivity index (χ1v) is 4.29. The van der Waals surface area contributed by atoms with Crippen LogP contribution in [0.5, 0.6) is 0 Å². The van der Waals surface area contributed by atoms with Gasteiger partial charge in [0.05, 0.1) is 10.3 Å². The SMILES string of the molecule is Cc1cc([N+](=O)[O-])c2cccnc2c1F. The van der Waals surface area contributed by atoms with E-state index in [1.54, 1.807) is 6.07 Å². The third-order valence-corrected chi connectivity index (χ3v) is 2.19.